The molecule has 2 N–H and O–H groups in total. The van der Waals surface area contributed by atoms with Gasteiger partial charge in [0, 0.05) is 17.7 Å². The third-order valence-corrected chi connectivity index (χ3v) is 5.53. The molecule has 1 aliphatic rings. The number of carbonyl (C=O) groups excluding carboxylic acids is 1. The summed E-state index contributed by atoms with van der Waals surface area (Å²) in [6.45, 7) is 4.42. The van der Waals surface area contributed by atoms with Gasteiger partial charge in [-0.2, -0.15) is 0 Å². The summed E-state index contributed by atoms with van der Waals surface area (Å²) in [6, 6.07) is 14.4. The number of nitrogens with zero attached hydrogens (tertiary/aromatic N) is 1. The van der Waals surface area contributed by atoms with Crippen molar-refractivity contribution in [3.8, 4) is 0 Å². The van der Waals surface area contributed by atoms with Crippen molar-refractivity contribution in [3.63, 3.8) is 0 Å². The van der Waals surface area contributed by atoms with E-state index in [4.69, 9.17) is 0 Å². The number of amides is 1. The van der Waals surface area contributed by atoms with Crippen molar-refractivity contribution in [1.82, 2.24) is 4.72 Å². The van der Waals surface area contributed by atoms with E-state index in [9.17, 15) is 13.2 Å². The van der Waals surface area contributed by atoms with Crippen molar-refractivity contribution >= 4 is 27.5 Å². The van der Waals surface area contributed by atoms with Gasteiger partial charge >= 0.3 is 0 Å². The highest BCUT2D eigenvalue weighted by molar-refractivity contribution is 7.90. The number of carbonyl (C=O) groups is 1. The Morgan fingerprint density at radius 2 is 1.81 bits per heavy atom. The van der Waals surface area contributed by atoms with Crippen LogP contribution in [0.3, 0.4) is 0 Å². The molecule has 1 aliphatic heterocycles. The molecular formula is C19H21N3O3S. The molecule has 0 saturated heterocycles. The smallest absolute Gasteiger partial charge is 0.263 e. The fourth-order valence-corrected chi connectivity index (χ4v) is 3.95. The van der Waals surface area contributed by atoms with Gasteiger partial charge in [-0.25, -0.2) is 8.42 Å². The van der Waals surface area contributed by atoms with Gasteiger partial charge in [0.25, 0.3) is 10.0 Å². The molecule has 136 valence electrons. The molecule has 0 aliphatic carbocycles. The average Bonchev–Trinajstić information content (AvgIpc) is 2.86. The summed E-state index contributed by atoms with van der Waals surface area (Å²) in [6.07, 6.45) is 0.166. The van der Waals surface area contributed by atoms with Crippen LogP contribution < -0.4 is 10.0 Å². The van der Waals surface area contributed by atoms with Gasteiger partial charge in [0.2, 0.25) is 5.91 Å². The minimum atomic E-state index is -3.55. The van der Waals surface area contributed by atoms with Gasteiger partial charge in [-0.1, -0.05) is 38.1 Å². The van der Waals surface area contributed by atoms with Crippen molar-refractivity contribution in [1.29, 1.82) is 0 Å². The Balaban J connectivity index is 1.60. The minimum absolute atomic E-state index is 0.166. The Morgan fingerprint density at radius 3 is 2.50 bits per heavy atom. The van der Waals surface area contributed by atoms with Crippen LogP contribution in [0.5, 0.6) is 0 Å². The Labute approximate surface area is 153 Å². The number of hydrogen-bond donors (Lipinski definition) is 2. The van der Waals surface area contributed by atoms with Crippen LogP contribution in [0.15, 0.2) is 58.4 Å². The largest absolute Gasteiger partial charge is 0.326 e. The predicted octanol–water partition coefficient (Wildman–Crippen LogP) is 2.88. The Bertz CT molecular complexity index is 948. The third-order valence-electron chi connectivity index (χ3n) is 4.13. The van der Waals surface area contributed by atoms with E-state index >= 15 is 0 Å². The van der Waals surface area contributed by atoms with Crippen LogP contribution in [0.4, 0.5) is 5.69 Å². The summed E-state index contributed by atoms with van der Waals surface area (Å²) in [5.74, 6) is 0.559. The van der Waals surface area contributed by atoms with Crippen LogP contribution in [0.2, 0.25) is 0 Å². The third kappa shape index (κ3) is 3.94. The van der Waals surface area contributed by atoms with Crippen LogP contribution in [0.1, 0.15) is 37.3 Å². The van der Waals surface area contributed by atoms with Crippen LogP contribution in [-0.4, -0.2) is 26.7 Å². The number of anilines is 1. The van der Waals surface area contributed by atoms with E-state index in [2.05, 4.69) is 28.9 Å². The maximum Gasteiger partial charge on any atom is 0.263 e. The van der Waals surface area contributed by atoms with Crippen molar-refractivity contribution in [2.75, 3.05) is 11.9 Å². The number of amidine groups is 1. The highest BCUT2D eigenvalue weighted by Gasteiger charge is 2.29. The molecule has 0 radical (unpaired) electrons. The maximum absolute atomic E-state index is 12.1. The fourth-order valence-electron chi connectivity index (χ4n) is 2.70. The van der Waals surface area contributed by atoms with Crippen molar-refractivity contribution < 1.29 is 13.2 Å². The van der Waals surface area contributed by atoms with Crippen LogP contribution in [0.25, 0.3) is 0 Å². The second-order valence-corrected chi connectivity index (χ2v) is 8.06. The molecule has 2 aromatic rings. The topological polar surface area (TPSA) is 87.6 Å². The number of aliphatic imine (C=N–C) groups is 1. The average molecular weight is 371 g/mol. The summed E-state index contributed by atoms with van der Waals surface area (Å²) in [7, 11) is -3.55. The van der Waals surface area contributed by atoms with Crippen LogP contribution in [-0.2, 0) is 14.8 Å². The minimum Gasteiger partial charge on any atom is -0.326 e. The molecule has 0 aromatic heterocycles. The SMILES string of the molecule is CC(C)c1ccc(NC(=O)CCN=C2NS(=O)(=O)c3ccccc32)cc1. The fraction of sp³-hybridized carbons (Fsp3) is 0.263. The molecule has 0 saturated carbocycles. The first kappa shape index (κ1) is 18.1. The van der Waals surface area contributed by atoms with Gasteiger partial charge in [0.15, 0.2) is 0 Å². The van der Waals surface area contributed by atoms with E-state index in [1.54, 1.807) is 18.2 Å². The summed E-state index contributed by atoms with van der Waals surface area (Å²) >= 11 is 0. The van der Waals surface area contributed by atoms with Crippen LogP contribution >= 0.6 is 0 Å². The molecule has 1 amide bonds. The first-order valence-electron chi connectivity index (χ1n) is 8.43. The predicted molar refractivity (Wildman–Crippen MR) is 102 cm³/mol. The van der Waals surface area contributed by atoms with Gasteiger partial charge < -0.3 is 5.32 Å². The van der Waals surface area contributed by atoms with Gasteiger partial charge in [-0.15, -0.1) is 0 Å². The van der Waals surface area contributed by atoms with Gasteiger partial charge in [-0.3, -0.25) is 14.5 Å². The highest BCUT2D eigenvalue weighted by atomic mass is 32.2. The van der Waals surface area contributed by atoms with E-state index < -0.39 is 10.0 Å². The van der Waals surface area contributed by atoms with E-state index in [-0.39, 0.29) is 29.6 Å². The molecule has 2 aromatic carbocycles. The molecule has 6 nitrogen and oxygen atoms in total. The summed E-state index contributed by atoms with van der Waals surface area (Å²) < 4.78 is 26.4. The second kappa shape index (κ2) is 7.29. The molecule has 0 fully saturated rings. The number of rotatable bonds is 5. The van der Waals surface area contributed by atoms with E-state index in [1.165, 1.54) is 11.6 Å². The summed E-state index contributed by atoms with van der Waals surface area (Å²) in [5, 5.41) is 2.82. The lowest BCUT2D eigenvalue weighted by atomic mass is 10.0. The van der Waals surface area contributed by atoms with Gasteiger partial charge in [0.1, 0.15) is 5.84 Å². The quantitative estimate of drug-likeness (QED) is 0.847. The molecule has 1 heterocycles. The molecule has 3 rings (SSSR count). The normalized spacial score (nSPS) is 16.3. The standard InChI is InChI=1S/C19H21N3O3S/c1-13(2)14-7-9-15(10-8-14)21-18(23)11-12-20-19-16-5-3-4-6-17(16)26(24,25)22-19/h3-10,13H,11-12H2,1-2H3,(H,20,22)(H,21,23). The Morgan fingerprint density at radius 1 is 1.12 bits per heavy atom. The Hall–Kier alpha value is -2.67. The zero-order valence-electron chi connectivity index (χ0n) is 14.7. The number of nitrogens with one attached hydrogen (secondary N) is 2. The molecule has 0 bridgehead atoms. The van der Waals surface area contributed by atoms with Crippen molar-refractivity contribution in [2.24, 2.45) is 4.99 Å². The highest BCUT2D eigenvalue weighted by Crippen LogP contribution is 2.22. The Kier molecular flexibility index (Phi) is 5.08. The maximum atomic E-state index is 12.1. The lowest BCUT2D eigenvalue weighted by Crippen LogP contribution is -2.23. The first-order chi connectivity index (χ1) is 12.4. The van der Waals surface area contributed by atoms with Crippen molar-refractivity contribution in [2.45, 2.75) is 31.1 Å². The molecule has 26 heavy (non-hydrogen) atoms. The van der Waals surface area contributed by atoms with E-state index in [0.29, 0.717) is 11.5 Å². The molecule has 0 spiro atoms. The number of fused-ring (bicyclic) bond motifs is 1. The first-order valence-corrected chi connectivity index (χ1v) is 9.91. The zero-order valence-corrected chi connectivity index (χ0v) is 15.5. The second-order valence-electron chi connectivity index (χ2n) is 6.41. The molecular weight excluding hydrogens is 350 g/mol. The lowest BCUT2D eigenvalue weighted by molar-refractivity contribution is -0.116. The number of benzene rings is 2. The van der Waals surface area contributed by atoms with E-state index in [1.807, 2.05) is 24.3 Å². The lowest BCUT2D eigenvalue weighted by Gasteiger charge is -2.08. The van der Waals surface area contributed by atoms with Gasteiger partial charge in [-0.05, 0) is 35.7 Å². The summed E-state index contributed by atoms with van der Waals surface area (Å²) in [4.78, 5) is 16.5. The zero-order chi connectivity index (χ0) is 18.7. The van der Waals surface area contributed by atoms with Gasteiger partial charge in [0.05, 0.1) is 11.4 Å². The molecule has 7 heteroatoms. The summed E-state index contributed by atoms with van der Waals surface area (Å²) in [5.41, 5.74) is 2.48. The van der Waals surface area contributed by atoms with Crippen LogP contribution in [0, 0.1) is 0 Å². The molecule has 0 unspecified atom stereocenters. The number of hydrogen-bond acceptors (Lipinski definition) is 4. The molecule has 0 atom stereocenters. The van der Waals surface area contributed by atoms with Crippen molar-refractivity contribution in [3.05, 3.63) is 59.7 Å². The monoisotopic (exact) mass is 371 g/mol. The number of sulfonamides is 1. The van der Waals surface area contributed by atoms with E-state index in [0.717, 1.165) is 5.69 Å².